The van der Waals surface area contributed by atoms with E-state index in [2.05, 4.69) is 10.3 Å². The molecule has 0 aliphatic rings. The highest BCUT2D eigenvalue weighted by atomic mass is 35.5. The van der Waals surface area contributed by atoms with Crippen LogP contribution < -0.4 is 10.1 Å². The molecule has 0 aliphatic heterocycles. The molecule has 0 saturated carbocycles. The molecular formula is C21H20ClN3O3S. The zero-order valence-electron chi connectivity index (χ0n) is 16.0. The van der Waals surface area contributed by atoms with Gasteiger partial charge in [0, 0.05) is 36.6 Å². The Morgan fingerprint density at radius 2 is 1.90 bits per heavy atom. The van der Waals surface area contributed by atoms with Crippen LogP contribution >= 0.6 is 22.9 Å². The zero-order chi connectivity index (χ0) is 20.8. The Morgan fingerprint density at radius 1 is 1.17 bits per heavy atom. The van der Waals surface area contributed by atoms with Gasteiger partial charge in [0.2, 0.25) is 5.91 Å². The fourth-order valence-corrected chi connectivity index (χ4v) is 3.30. The maximum absolute atomic E-state index is 12.6. The molecule has 3 rings (SSSR count). The molecule has 150 valence electrons. The molecule has 0 saturated heterocycles. The summed E-state index contributed by atoms with van der Waals surface area (Å²) < 4.78 is 5.66. The van der Waals surface area contributed by atoms with Gasteiger partial charge in [0.1, 0.15) is 23.1 Å². The van der Waals surface area contributed by atoms with Gasteiger partial charge in [-0.05, 0) is 35.9 Å². The molecule has 0 bridgehead atoms. The van der Waals surface area contributed by atoms with Crippen molar-refractivity contribution < 1.29 is 14.3 Å². The van der Waals surface area contributed by atoms with Crippen LogP contribution in [0.2, 0.25) is 5.02 Å². The highest BCUT2D eigenvalue weighted by Gasteiger charge is 2.14. The standard InChI is InChI=1S/C21H20ClN3O3S/c1-14(26)25(2)11-15-5-3-4-6-18(15)24-21(27)19-13-29-20(23-19)12-28-17-9-7-16(22)8-10-17/h3-10,13H,11-12H2,1-2H3,(H,24,27). The Balaban J connectivity index is 1.63. The van der Waals surface area contributed by atoms with Gasteiger partial charge in [-0.25, -0.2) is 4.98 Å². The van der Waals surface area contributed by atoms with E-state index in [1.165, 1.54) is 18.3 Å². The van der Waals surface area contributed by atoms with Crippen molar-refractivity contribution in [3.8, 4) is 5.75 Å². The van der Waals surface area contributed by atoms with Crippen molar-refractivity contribution in [3.63, 3.8) is 0 Å². The number of carbonyl (C=O) groups is 2. The number of para-hydroxylation sites is 1. The van der Waals surface area contributed by atoms with Gasteiger partial charge in [-0.3, -0.25) is 9.59 Å². The lowest BCUT2D eigenvalue weighted by molar-refractivity contribution is -0.128. The van der Waals surface area contributed by atoms with Crippen molar-refractivity contribution >= 4 is 40.4 Å². The quantitative estimate of drug-likeness (QED) is 0.595. The lowest BCUT2D eigenvalue weighted by Gasteiger charge is -2.17. The summed E-state index contributed by atoms with van der Waals surface area (Å²) in [5, 5.41) is 5.90. The number of hydrogen-bond donors (Lipinski definition) is 1. The van der Waals surface area contributed by atoms with Crippen LogP contribution in [0.1, 0.15) is 28.0 Å². The van der Waals surface area contributed by atoms with Gasteiger partial charge in [-0.2, -0.15) is 0 Å². The predicted molar refractivity (Wildman–Crippen MR) is 114 cm³/mol. The van der Waals surface area contributed by atoms with Crippen molar-refractivity contribution in [2.24, 2.45) is 0 Å². The second-order valence-electron chi connectivity index (χ2n) is 6.36. The third-order valence-corrected chi connectivity index (χ3v) is 5.25. The maximum atomic E-state index is 12.6. The molecule has 2 amide bonds. The highest BCUT2D eigenvalue weighted by Crippen LogP contribution is 2.20. The van der Waals surface area contributed by atoms with E-state index in [1.54, 1.807) is 47.7 Å². The number of nitrogens with one attached hydrogen (secondary N) is 1. The third-order valence-electron chi connectivity index (χ3n) is 4.17. The number of nitrogens with zero attached hydrogens (tertiary/aromatic N) is 2. The van der Waals surface area contributed by atoms with Crippen molar-refractivity contribution in [1.82, 2.24) is 9.88 Å². The molecule has 0 atom stereocenters. The molecule has 8 heteroatoms. The van der Waals surface area contributed by atoms with E-state index in [0.717, 1.165) is 5.56 Å². The summed E-state index contributed by atoms with van der Waals surface area (Å²) in [5.41, 5.74) is 1.82. The summed E-state index contributed by atoms with van der Waals surface area (Å²) in [7, 11) is 1.72. The molecule has 2 aromatic carbocycles. The van der Waals surface area contributed by atoms with Crippen molar-refractivity contribution in [2.75, 3.05) is 12.4 Å². The molecule has 1 N–H and O–H groups in total. The number of anilines is 1. The number of thiazole rings is 1. The normalized spacial score (nSPS) is 10.4. The van der Waals surface area contributed by atoms with Crippen molar-refractivity contribution in [2.45, 2.75) is 20.1 Å². The van der Waals surface area contributed by atoms with Crippen LogP contribution in [0.5, 0.6) is 5.75 Å². The third kappa shape index (κ3) is 5.79. The summed E-state index contributed by atoms with van der Waals surface area (Å²) in [4.78, 5) is 30.0. The SMILES string of the molecule is CC(=O)N(C)Cc1ccccc1NC(=O)c1csc(COc2ccc(Cl)cc2)n1. The maximum Gasteiger partial charge on any atom is 0.275 e. The molecule has 6 nitrogen and oxygen atoms in total. The molecule has 1 aromatic heterocycles. The average Bonchev–Trinajstić information content (AvgIpc) is 3.18. The number of halogens is 1. The monoisotopic (exact) mass is 429 g/mol. The second-order valence-corrected chi connectivity index (χ2v) is 7.73. The van der Waals surface area contributed by atoms with Gasteiger partial charge < -0.3 is 15.0 Å². The van der Waals surface area contributed by atoms with Crippen LogP contribution in [0, 0.1) is 0 Å². The predicted octanol–water partition coefficient (Wildman–Crippen LogP) is 4.61. The lowest BCUT2D eigenvalue weighted by atomic mass is 10.1. The van der Waals surface area contributed by atoms with Crippen LogP contribution in [0.15, 0.2) is 53.9 Å². The van der Waals surface area contributed by atoms with Crippen LogP contribution in [-0.4, -0.2) is 28.7 Å². The molecule has 0 spiro atoms. The fourth-order valence-electron chi connectivity index (χ4n) is 2.49. The van der Waals surface area contributed by atoms with Gasteiger partial charge in [0.25, 0.3) is 5.91 Å². The average molecular weight is 430 g/mol. The van der Waals surface area contributed by atoms with Gasteiger partial charge in [-0.15, -0.1) is 11.3 Å². The molecular weight excluding hydrogens is 410 g/mol. The van der Waals surface area contributed by atoms with Crippen LogP contribution in [0.25, 0.3) is 0 Å². The zero-order valence-corrected chi connectivity index (χ0v) is 17.6. The van der Waals surface area contributed by atoms with Gasteiger partial charge in [0.15, 0.2) is 0 Å². The first-order chi connectivity index (χ1) is 13.9. The highest BCUT2D eigenvalue weighted by molar-refractivity contribution is 7.09. The van der Waals surface area contributed by atoms with E-state index in [0.29, 0.717) is 33.7 Å². The first-order valence-electron chi connectivity index (χ1n) is 8.86. The van der Waals surface area contributed by atoms with Crippen molar-refractivity contribution in [1.29, 1.82) is 0 Å². The van der Waals surface area contributed by atoms with E-state index < -0.39 is 0 Å². The van der Waals surface area contributed by atoms with Crippen molar-refractivity contribution in [3.05, 3.63) is 75.2 Å². The Kier molecular flexibility index (Phi) is 6.85. The van der Waals surface area contributed by atoms with Crippen LogP contribution in [0.3, 0.4) is 0 Å². The molecule has 0 fully saturated rings. The number of hydrogen-bond acceptors (Lipinski definition) is 5. The number of aromatic nitrogens is 1. The summed E-state index contributed by atoms with van der Waals surface area (Å²) in [5.74, 6) is 0.326. The Hall–Kier alpha value is -2.90. The molecule has 29 heavy (non-hydrogen) atoms. The Labute approximate surface area is 178 Å². The largest absolute Gasteiger partial charge is 0.486 e. The first-order valence-corrected chi connectivity index (χ1v) is 10.1. The van der Waals surface area contributed by atoms with Crippen LogP contribution in [-0.2, 0) is 17.9 Å². The molecule has 3 aromatic rings. The minimum Gasteiger partial charge on any atom is -0.486 e. The van der Waals surface area contributed by atoms with E-state index in [1.807, 2.05) is 18.2 Å². The van der Waals surface area contributed by atoms with E-state index >= 15 is 0 Å². The molecule has 0 aliphatic carbocycles. The molecule has 0 unspecified atom stereocenters. The topological polar surface area (TPSA) is 71.5 Å². The Bertz CT molecular complexity index is 1000. The lowest BCUT2D eigenvalue weighted by Crippen LogP contribution is -2.24. The summed E-state index contributed by atoms with van der Waals surface area (Å²) in [6.07, 6.45) is 0. The number of benzene rings is 2. The summed E-state index contributed by atoms with van der Waals surface area (Å²) >= 11 is 7.21. The number of carbonyl (C=O) groups excluding carboxylic acids is 2. The van der Waals surface area contributed by atoms with Gasteiger partial charge in [-0.1, -0.05) is 29.8 Å². The van der Waals surface area contributed by atoms with E-state index in [9.17, 15) is 9.59 Å². The second kappa shape index (κ2) is 9.54. The van der Waals surface area contributed by atoms with Crippen LogP contribution in [0.4, 0.5) is 5.69 Å². The molecule has 0 radical (unpaired) electrons. The summed E-state index contributed by atoms with van der Waals surface area (Å²) in [6.45, 7) is 2.17. The summed E-state index contributed by atoms with van der Waals surface area (Å²) in [6, 6.07) is 14.4. The number of ether oxygens (including phenoxy) is 1. The minimum absolute atomic E-state index is 0.0454. The van der Waals surface area contributed by atoms with E-state index in [-0.39, 0.29) is 18.4 Å². The fraction of sp³-hybridized carbons (Fsp3) is 0.190. The smallest absolute Gasteiger partial charge is 0.275 e. The van der Waals surface area contributed by atoms with E-state index in [4.69, 9.17) is 16.3 Å². The Morgan fingerprint density at radius 3 is 2.62 bits per heavy atom. The van der Waals surface area contributed by atoms with Gasteiger partial charge in [0.05, 0.1) is 0 Å². The molecule has 1 heterocycles. The first kappa shape index (κ1) is 20.8. The minimum atomic E-state index is -0.308. The number of amides is 2. The van der Waals surface area contributed by atoms with Gasteiger partial charge >= 0.3 is 0 Å². The number of rotatable bonds is 7.